The van der Waals surface area contributed by atoms with Gasteiger partial charge in [0.1, 0.15) is 4.90 Å². The zero-order valence-corrected chi connectivity index (χ0v) is 11.1. The lowest BCUT2D eigenvalue weighted by molar-refractivity contribution is 0.286. The molecule has 0 bridgehead atoms. The molecular formula is C11H19N3O3S. The summed E-state index contributed by atoms with van der Waals surface area (Å²) in [6, 6.07) is 4.72. The van der Waals surface area contributed by atoms with Crippen molar-refractivity contribution in [2.45, 2.75) is 17.7 Å². The predicted octanol–water partition coefficient (Wildman–Crippen LogP) is 0.361. The van der Waals surface area contributed by atoms with Gasteiger partial charge in [0, 0.05) is 18.8 Å². The molecule has 102 valence electrons. The van der Waals surface area contributed by atoms with E-state index >= 15 is 0 Å². The summed E-state index contributed by atoms with van der Waals surface area (Å²) in [7, 11) is -2.17. The molecule has 0 saturated heterocycles. The minimum Gasteiger partial charge on any atom is -0.398 e. The fourth-order valence-electron chi connectivity index (χ4n) is 1.48. The van der Waals surface area contributed by atoms with E-state index in [9.17, 15) is 8.42 Å². The van der Waals surface area contributed by atoms with Crippen LogP contribution in [0.25, 0.3) is 0 Å². The van der Waals surface area contributed by atoms with Gasteiger partial charge in [0.05, 0.1) is 5.69 Å². The average molecular weight is 273 g/mol. The number of rotatable bonds is 7. The highest BCUT2D eigenvalue weighted by Gasteiger charge is 2.14. The molecule has 0 aliphatic carbocycles. The molecule has 0 amide bonds. The van der Waals surface area contributed by atoms with Crippen molar-refractivity contribution in [3.8, 4) is 0 Å². The second kappa shape index (κ2) is 6.58. The highest BCUT2D eigenvalue weighted by molar-refractivity contribution is 7.89. The van der Waals surface area contributed by atoms with Gasteiger partial charge in [0.2, 0.25) is 10.0 Å². The van der Waals surface area contributed by atoms with Gasteiger partial charge in [-0.3, -0.25) is 0 Å². The maximum Gasteiger partial charge on any atom is 0.242 e. The van der Waals surface area contributed by atoms with Gasteiger partial charge < -0.3 is 16.2 Å². The third-order valence-electron chi connectivity index (χ3n) is 2.48. The minimum atomic E-state index is -3.51. The van der Waals surface area contributed by atoms with Crippen LogP contribution in [0.3, 0.4) is 0 Å². The summed E-state index contributed by atoms with van der Waals surface area (Å²) in [6.45, 7) is 0.876. The Kier molecular flexibility index (Phi) is 5.39. The van der Waals surface area contributed by atoms with Crippen molar-refractivity contribution in [3.05, 3.63) is 18.2 Å². The van der Waals surface area contributed by atoms with Crippen LogP contribution < -0.4 is 15.8 Å². The van der Waals surface area contributed by atoms with E-state index in [4.69, 9.17) is 10.8 Å². The molecule has 6 nitrogen and oxygen atoms in total. The molecule has 5 N–H and O–H groups in total. The first-order valence-electron chi connectivity index (χ1n) is 5.69. The molecule has 7 heteroatoms. The third-order valence-corrected chi connectivity index (χ3v) is 3.97. The van der Waals surface area contributed by atoms with Crippen LogP contribution in [-0.2, 0) is 10.0 Å². The van der Waals surface area contributed by atoms with Gasteiger partial charge >= 0.3 is 0 Å². The van der Waals surface area contributed by atoms with E-state index in [1.54, 1.807) is 12.1 Å². The lowest BCUT2D eigenvalue weighted by atomic mass is 10.2. The minimum absolute atomic E-state index is 0.0749. The summed E-state index contributed by atoms with van der Waals surface area (Å²) in [5, 5.41) is 11.7. The SMILES string of the molecule is CNS(=O)(=O)c1ccc(NCCCCO)cc1N. The molecule has 0 spiro atoms. The van der Waals surface area contributed by atoms with Crippen molar-refractivity contribution in [3.63, 3.8) is 0 Å². The zero-order chi connectivity index (χ0) is 13.6. The van der Waals surface area contributed by atoms with Crippen LogP contribution in [0, 0.1) is 0 Å². The standard InChI is InChI=1S/C11H19N3O3S/c1-13-18(16,17)11-5-4-9(8-10(11)12)14-6-2-3-7-15/h4-5,8,13-15H,2-3,6-7,12H2,1H3. The first-order valence-corrected chi connectivity index (χ1v) is 7.17. The van der Waals surface area contributed by atoms with E-state index in [2.05, 4.69) is 10.0 Å². The second-order valence-electron chi connectivity index (χ2n) is 3.82. The Labute approximate surface area is 107 Å². The fraction of sp³-hybridized carbons (Fsp3) is 0.455. The molecule has 0 unspecified atom stereocenters. The van der Waals surface area contributed by atoms with E-state index in [0.717, 1.165) is 18.5 Å². The van der Waals surface area contributed by atoms with Gasteiger partial charge in [-0.2, -0.15) is 0 Å². The zero-order valence-electron chi connectivity index (χ0n) is 10.3. The Morgan fingerprint density at radius 3 is 2.61 bits per heavy atom. The van der Waals surface area contributed by atoms with E-state index < -0.39 is 10.0 Å². The molecule has 18 heavy (non-hydrogen) atoms. The first kappa shape index (κ1) is 14.7. The smallest absolute Gasteiger partial charge is 0.242 e. The van der Waals surface area contributed by atoms with Crippen LogP contribution in [-0.4, -0.2) is 33.7 Å². The lowest BCUT2D eigenvalue weighted by Crippen LogP contribution is -2.20. The number of nitrogen functional groups attached to an aromatic ring is 1. The molecule has 0 aromatic heterocycles. The van der Waals surface area contributed by atoms with Gasteiger partial charge in [-0.05, 0) is 38.1 Å². The number of sulfonamides is 1. The van der Waals surface area contributed by atoms with Crippen molar-refractivity contribution in [1.29, 1.82) is 0 Å². The molecule has 0 radical (unpaired) electrons. The molecule has 0 fully saturated rings. The number of unbranched alkanes of at least 4 members (excludes halogenated alkanes) is 1. The molecular weight excluding hydrogens is 254 g/mol. The molecule has 0 atom stereocenters. The normalized spacial score (nSPS) is 11.4. The summed E-state index contributed by atoms with van der Waals surface area (Å²) < 4.78 is 25.4. The van der Waals surface area contributed by atoms with Gasteiger partial charge in [-0.1, -0.05) is 0 Å². The summed E-state index contributed by atoms with van der Waals surface area (Å²) in [5.74, 6) is 0. The van der Waals surface area contributed by atoms with Crippen LogP contribution in [0.2, 0.25) is 0 Å². The van der Waals surface area contributed by atoms with Crippen molar-refractivity contribution >= 4 is 21.4 Å². The van der Waals surface area contributed by atoms with Gasteiger partial charge in [-0.25, -0.2) is 13.1 Å². The van der Waals surface area contributed by atoms with Crippen LogP contribution in [0.15, 0.2) is 23.1 Å². The number of hydrogen-bond donors (Lipinski definition) is 4. The Morgan fingerprint density at radius 1 is 1.33 bits per heavy atom. The molecule has 1 rings (SSSR count). The topological polar surface area (TPSA) is 104 Å². The third kappa shape index (κ3) is 3.86. The molecule has 0 aliphatic rings. The Bertz CT molecular complexity index is 488. The number of nitrogens with two attached hydrogens (primary N) is 1. The Hall–Kier alpha value is -1.31. The number of hydrogen-bond acceptors (Lipinski definition) is 5. The second-order valence-corrected chi connectivity index (χ2v) is 5.67. The largest absolute Gasteiger partial charge is 0.398 e. The Morgan fingerprint density at radius 2 is 2.06 bits per heavy atom. The van der Waals surface area contributed by atoms with Crippen molar-refractivity contribution in [2.75, 3.05) is 31.2 Å². The predicted molar refractivity (Wildman–Crippen MR) is 71.9 cm³/mol. The van der Waals surface area contributed by atoms with Gasteiger partial charge in [-0.15, -0.1) is 0 Å². The average Bonchev–Trinajstić information content (AvgIpc) is 2.34. The summed E-state index contributed by atoms with van der Waals surface area (Å²) in [4.78, 5) is 0.0749. The summed E-state index contributed by atoms with van der Waals surface area (Å²) >= 11 is 0. The highest BCUT2D eigenvalue weighted by Crippen LogP contribution is 2.22. The quantitative estimate of drug-likeness (QED) is 0.424. The number of aliphatic hydroxyl groups is 1. The molecule has 0 saturated carbocycles. The van der Waals surface area contributed by atoms with Crippen LogP contribution in [0.5, 0.6) is 0 Å². The van der Waals surface area contributed by atoms with Crippen LogP contribution in [0.1, 0.15) is 12.8 Å². The van der Waals surface area contributed by atoms with Crippen molar-refractivity contribution in [2.24, 2.45) is 0 Å². The molecule has 0 aliphatic heterocycles. The number of benzene rings is 1. The van der Waals surface area contributed by atoms with Crippen LogP contribution in [0.4, 0.5) is 11.4 Å². The molecule has 1 aromatic rings. The van der Waals surface area contributed by atoms with Crippen LogP contribution >= 0.6 is 0 Å². The summed E-state index contributed by atoms with van der Waals surface area (Å²) in [6.07, 6.45) is 1.57. The van der Waals surface area contributed by atoms with E-state index in [-0.39, 0.29) is 17.2 Å². The number of aliphatic hydroxyl groups excluding tert-OH is 1. The van der Waals surface area contributed by atoms with Crippen molar-refractivity contribution in [1.82, 2.24) is 4.72 Å². The van der Waals surface area contributed by atoms with Gasteiger partial charge in [0.15, 0.2) is 0 Å². The van der Waals surface area contributed by atoms with E-state index in [1.807, 2.05) is 0 Å². The van der Waals surface area contributed by atoms with Crippen molar-refractivity contribution < 1.29 is 13.5 Å². The monoisotopic (exact) mass is 273 g/mol. The lowest BCUT2D eigenvalue weighted by Gasteiger charge is -2.10. The maximum atomic E-state index is 11.6. The molecule has 1 aromatic carbocycles. The van der Waals surface area contributed by atoms with Gasteiger partial charge in [0.25, 0.3) is 0 Å². The highest BCUT2D eigenvalue weighted by atomic mass is 32.2. The summed E-state index contributed by atoms with van der Waals surface area (Å²) in [5.41, 5.74) is 6.68. The fourth-order valence-corrected chi connectivity index (χ4v) is 2.32. The number of anilines is 2. The maximum absolute atomic E-state index is 11.6. The Balaban J connectivity index is 2.74. The first-order chi connectivity index (χ1) is 8.51. The van der Waals surface area contributed by atoms with E-state index in [0.29, 0.717) is 6.54 Å². The van der Waals surface area contributed by atoms with E-state index in [1.165, 1.54) is 13.1 Å². The number of nitrogens with one attached hydrogen (secondary N) is 2. The molecule has 0 heterocycles.